The van der Waals surface area contributed by atoms with E-state index in [1.54, 1.807) is 7.11 Å². The molecule has 0 heterocycles. The molecule has 1 unspecified atom stereocenters. The standard InChI is InChI=1S/C11H17NO/c1-9(12)7-8-10-5-3-4-6-11(10)13-2/h3-6,9H,7-8,12H2,1-2H3/p+1. The first kappa shape index (κ1) is 10.1. The Bertz CT molecular complexity index is 258. The van der Waals surface area contributed by atoms with Crippen LogP contribution in [-0.4, -0.2) is 13.2 Å². The molecule has 1 aromatic rings. The van der Waals surface area contributed by atoms with E-state index in [-0.39, 0.29) is 0 Å². The molecule has 1 rings (SSSR count). The van der Waals surface area contributed by atoms with Crippen molar-refractivity contribution < 1.29 is 10.5 Å². The van der Waals surface area contributed by atoms with Gasteiger partial charge in [-0.25, -0.2) is 0 Å². The van der Waals surface area contributed by atoms with Crippen molar-refractivity contribution in [2.75, 3.05) is 7.11 Å². The monoisotopic (exact) mass is 180 g/mol. The molecule has 0 spiro atoms. The van der Waals surface area contributed by atoms with Crippen molar-refractivity contribution in [3.05, 3.63) is 29.8 Å². The van der Waals surface area contributed by atoms with Gasteiger partial charge in [0.05, 0.1) is 13.2 Å². The number of hydrogen-bond donors (Lipinski definition) is 1. The first-order valence-electron chi connectivity index (χ1n) is 4.69. The quantitative estimate of drug-likeness (QED) is 0.744. The number of para-hydroxylation sites is 1. The highest BCUT2D eigenvalue weighted by molar-refractivity contribution is 5.33. The second-order valence-corrected chi connectivity index (χ2v) is 3.46. The third-order valence-corrected chi connectivity index (χ3v) is 2.10. The van der Waals surface area contributed by atoms with E-state index in [0.717, 1.165) is 18.6 Å². The lowest BCUT2D eigenvalue weighted by Crippen LogP contribution is -2.59. The zero-order valence-corrected chi connectivity index (χ0v) is 8.42. The van der Waals surface area contributed by atoms with Gasteiger partial charge < -0.3 is 10.5 Å². The lowest BCUT2D eigenvalue weighted by molar-refractivity contribution is -0.415. The van der Waals surface area contributed by atoms with Crippen molar-refractivity contribution >= 4 is 0 Å². The zero-order valence-electron chi connectivity index (χ0n) is 8.42. The Hall–Kier alpha value is -1.02. The summed E-state index contributed by atoms with van der Waals surface area (Å²) in [7, 11) is 1.71. The van der Waals surface area contributed by atoms with E-state index in [4.69, 9.17) is 4.74 Å². The van der Waals surface area contributed by atoms with Crippen LogP contribution in [0, 0.1) is 0 Å². The predicted molar refractivity (Wildman–Crippen MR) is 53.7 cm³/mol. The maximum absolute atomic E-state index is 5.26. The third kappa shape index (κ3) is 3.07. The molecule has 0 amide bonds. The molecular formula is C11H18NO+. The van der Waals surface area contributed by atoms with Crippen molar-refractivity contribution in [2.45, 2.75) is 25.8 Å². The van der Waals surface area contributed by atoms with Crippen molar-refractivity contribution in [1.82, 2.24) is 0 Å². The van der Waals surface area contributed by atoms with Crippen LogP contribution in [0.15, 0.2) is 24.3 Å². The van der Waals surface area contributed by atoms with E-state index in [1.165, 1.54) is 5.56 Å². The summed E-state index contributed by atoms with van der Waals surface area (Å²) in [6, 6.07) is 8.66. The maximum atomic E-state index is 5.26. The van der Waals surface area contributed by atoms with Gasteiger partial charge in [0.25, 0.3) is 0 Å². The molecular weight excluding hydrogens is 162 g/mol. The van der Waals surface area contributed by atoms with Crippen LogP contribution in [0.25, 0.3) is 0 Å². The fourth-order valence-electron chi connectivity index (χ4n) is 1.31. The van der Waals surface area contributed by atoms with Crippen molar-refractivity contribution in [1.29, 1.82) is 0 Å². The molecule has 72 valence electrons. The van der Waals surface area contributed by atoms with Crippen LogP contribution >= 0.6 is 0 Å². The molecule has 0 radical (unpaired) electrons. The number of methoxy groups -OCH3 is 1. The summed E-state index contributed by atoms with van der Waals surface area (Å²) < 4.78 is 5.26. The summed E-state index contributed by atoms with van der Waals surface area (Å²) in [5.74, 6) is 0.989. The molecule has 2 heteroatoms. The van der Waals surface area contributed by atoms with E-state index in [1.807, 2.05) is 18.2 Å². The Balaban J connectivity index is 2.64. The minimum atomic E-state index is 0.505. The molecule has 2 nitrogen and oxygen atoms in total. The zero-order chi connectivity index (χ0) is 9.68. The van der Waals surface area contributed by atoms with E-state index in [2.05, 4.69) is 18.7 Å². The van der Waals surface area contributed by atoms with Gasteiger partial charge in [0.15, 0.2) is 0 Å². The summed E-state index contributed by atoms with van der Waals surface area (Å²) in [4.78, 5) is 0. The average Bonchev–Trinajstić information content (AvgIpc) is 2.15. The average molecular weight is 180 g/mol. The van der Waals surface area contributed by atoms with Crippen molar-refractivity contribution in [2.24, 2.45) is 0 Å². The largest absolute Gasteiger partial charge is 0.496 e. The molecule has 13 heavy (non-hydrogen) atoms. The highest BCUT2D eigenvalue weighted by Crippen LogP contribution is 2.18. The van der Waals surface area contributed by atoms with Gasteiger partial charge in [0.1, 0.15) is 5.75 Å². The minimum absolute atomic E-state index is 0.505. The number of rotatable bonds is 4. The maximum Gasteiger partial charge on any atom is 0.122 e. The molecule has 0 aliphatic rings. The summed E-state index contributed by atoms with van der Waals surface area (Å²) in [5.41, 5.74) is 5.25. The normalized spacial score (nSPS) is 12.5. The summed E-state index contributed by atoms with van der Waals surface area (Å²) in [5, 5.41) is 0. The van der Waals surface area contributed by atoms with Gasteiger partial charge in [0, 0.05) is 6.42 Å². The van der Waals surface area contributed by atoms with Crippen LogP contribution in [0.3, 0.4) is 0 Å². The number of benzene rings is 1. The van der Waals surface area contributed by atoms with Gasteiger partial charge in [-0.1, -0.05) is 18.2 Å². The number of quaternary nitrogens is 1. The number of ether oxygens (including phenoxy) is 1. The van der Waals surface area contributed by atoms with Gasteiger partial charge >= 0.3 is 0 Å². The Morgan fingerprint density at radius 1 is 1.38 bits per heavy atom. The lowest BCUT2D eigenvalue weighted by atomic mass is 10.1. The topological polar surface area (TPSA) is 36.9 Å². The van der Waals surface area contributed by atoms with Crippen molar-refractivity contribution in [3.8, 4) is 5.75 Å². The number of hydrogen-bond acceptors (Lipinski definition) is 1. The van der Waals surface area contributed by atoms with Crippen LogP contribution in [0.2, 0.25) is 0 Å². The van der Waals surface area contributed by atoms with E-state index < -0.39 is 0 Å². The van der Waals surface area contributed by atoms with Gasteiger partial charge in [0.2, 0.25) is 0 Å². The Kier molecular flexibility index (Phi) is 3.77. The molecule has 0 fully saturated rings. The van der Waals surface area contributed by atoms with Crippen LogP contribution in [0.4, 0.5) is 0 Å². The highest BCUT2D eigenvalue weighted by atomic mass is 16.5. The van der Waals surface area contributed by atoms with Crippen LogP contribution in [0.5, 0.6) is 5.75 Å². The van der Waals surface area contributed by atoms with Crippen LogP contribution in [-0.2, 0) is 6.42 Å². The van der Waals surface area contributed by atoms with E-state index >= 15 is 0 Å². The number of aryl methyl sites for hydroxylation is 1. The SMILES string of the molecule is COc1ccccc1CCC(C)[NH3+]. The molecule has 0 saturated heterocycles. The molecule has 1 aromatic carbocycles. The fourth-order valence-corrected chi connectivity index (χ4v) is 1.31. The molecule has 3 N–H and O–H groups in total. The summed E-state index contributed by atoms with van der Waals surface area (Å²) in [6.07, 6.45) is 2.16. The first-order chi connectivity index (χ1) is 6.24. The molecule has 0 aromatic heterocycles. The Labute approximate surface area is 79.7 Å². The second kappa shape index (κ2) is 4.87. The fraction of sp³-hybridized carbons (Fsp3) is 0.455. The van der Waals surface area contributed by atoms with Crippen molar-refractivity contribution in [3.63, 3.8) is 0 Å². The van der Waals surface area contributed by atoms with E-state index in [0.29, 0.717) is 6.04 Å². The second-order valence-electron chi connectivity index (χ2n) is 3.46. The molecule has 0 saturated carbocycles. The van der Waals surface area contributed by atoms with E-state index in [9.17, 15) is 0 Å². The highest BCUT2D eigenvalue weighted by Gasteiger charge is 2.03. The first-order valence-corrected chi connectivity index (χ1v) is 4.69. The van der Waals surface area contributed by atoms with Gasteiger partial charge in [-0.2, -0.15) is 0 Å². The van der Waals surface area contributed by atoms with Crippen LogP contribution < -0.4 is 10.5 Å². The Morgan fingerprint density at radius 3 is 2.69 bits per heavy atom. The molecule has 0 bridgehead atoms. The summed E-state index contributed by atoms with van der Waals surface area (Å²) in [6.45, 7) is 2.13. The Morgan fingerprint density at radius 2 is 2.08 bits per heavy atom. The third-order valence-electron chi connectivity index (χ3n) is 2.10. The molecule has 1 atom stereocenters. The predicted octanol–water partition coefficient (Wildman–Crippen LogP) is 1.26. The molecule has 0 aliphatic carbocycles. The van der Waals surface area contributed by atoms with Gasteiger partial charge in [-0.3, -0.25) is 0 Å². The van der Waals surface area contributed by atoms with Crippen LogP contribution in [0.1, 0.15) is 18.9 Å². The van der Waals surface area contributed by atoms with Gasteiger partial charge in [-0.15, -0.1) is 0 Å². The van der Waals surface area contributed by atoms with Gasteiger partial charge in [-0.05, 0) is 25.0 Å². The minimum Gasteiger partial charge on any atom is -0.496 e. The smallest absolute Gasteiger partial charge is 0.122 e. The molecule has 0 aliphatic heterocycles. The summed E-state index contributed by atoms with van der Waals surface area (Å²) >= 11 is 0. The lowest BCUT2D eigenvalue weighted by Gasteiger charge is -2.07.